The molecule has 1 unspecified atom stereocenters. The third-order valence-electron chi connectivity index (χ3n) is 4.11. The van der Waals surface area contributed by atoms with Gasteiger partial charge in [-0.05, 0) is 51.8 Å². The fraction of sp³-hybridized carbons (Fsp3) is 0.471. The molecule has 1 aliphatic rings. The van der Waals surface area contributed by atoms with Crippen molar-refractivity contribution >= 4 is 11.3 Å². The Bertz CT molecular complexity index is 609. The molecule has 1 atom stereocenters. The van der Waals surface area contributed by atoms with E-state index in [0.717, 1.165) is 13.1 Å². The van der Waals surface area contributed by atoms with E-state index in [4.69, 9.17) is 4.98 Å². The summed E-state index contributed by atoms with van der Waals surface area (Å²) in [5.74, 6) is 0.603. The van der Waals surface area contributed by atoms with Crippen LogP contribution in [0.15, 0.2) is 18.2 Å². The summed E-state index contributed by atoms with van der Waals surface area (Å²) in [6.07, 6.45) is 2.54. The van der Waals surface area contributed by atoms with Crippen LogP contribution in [-0.2, 0) is 0 Å². The number of piperidine rings is 1. The Hall–Kier alpha value is -1.19. The molecule has 106 valence electrons. The van der Waals surface area contributed by atoms with Crippen LogP contribution in [0.25, 0.3) is 11.3 Å². The van der Waals surface area contributed by atoms with E-state index < -0.39 is 0 Å². The summed E-state index contributed by atoms with van der Waals surface area (Å²) in [7, 11) is 0. The van der Waals surface area contributed by atoms with Crippen molar-refractivity contribution in [3.8, 4) is 11.3 Å². The van der Waals surface area contributed by atoms with Crippen LogP contribution in [-0.4, -0.2) is 18.1 Å². The van der Waals surface area contributed by atoms with Crippen molar-refractivity contribution in [3.05, 3.63) is 39.2 Å². The van der Waals surface area contributed by atoms with Gasteiger partial charge in [0.2, 0.25) is 0 Å². The van der Waals surface area contributed by atoms with Crippen LogP contribution in [0.2, 0.25) is 0 Å². The van der Waals surface area contributed by atoms with Gasteiger partial charge in [0.1, 0.15) is 0 Å². The summed E-state index contributed by atoms with van der Waals surface area (Å²) in [5.41, 5.74) is 5.11. The third-order valence-corrected chi connectivity index (χ3v) is 5.24. The van der Waals surface area contributed by atoms with E-state index in [2.05, 4.69) is 44.3 Å². The van der Waals surface area contributed by atoms with Gasteiger partial charge in [-0.3, -0.25) is 0 Å². The average molecular weight is 286 g/mol. The van der Waals surface area contributed by atoms with Crippen LogP contribution in [0, 0.1) is 20.8 Å². The lowest BCUT2D eigenvalue weighted by atomic mass is 10.00. The Morgan fingerprint density at radius 3 is 2.85 bits per heavy atom. The molecule has 1 aromatic carbocycles. The van der Waals surface area contributed by atoms with Gasteiger partial charge in [0, 0.05) is 22.9 Å². The highest BCUT2D eigenvalue weighted by Gasteiger charge is 2.21. The van der Waals surface area contributed by atoms with Gasteiger partial charge in [0.25, 0.3) is 0 Å². The van der Waals surface area contributed by atoms with E-state index in [1.54, 1.807) is 0 Å². The average Bonchev–Trinajstić information content (AvgIpc) is 2.84. The maximum atomic E-state index is 4.98. The SMILES string of the molecule is Cc1ccc(C)c(-c2nc(C3CCCNC3)sc2C)c1. The number of aromatic nitrogens is 1. The van der Waals surface area contributed by atoms with Crippen molar-refractivity contribution in [2.24, 2.45) is 0 Å². The van der Waals surface area contributed by atoms with Gasteiger partial charge in [0.05, 0.1) is 10.7 Å². The molecule has 0 saturated carbocycles. The minimum atomic E-state index is 0.603. The monoisotopic (exact) mass is 286 g/mol. The van der Waals surface area contributed by atoms with Gasteiger partial charge in [-0.25, -0.2) is 4.98 Å². The lowest BCUT2D eigenvalue weighted by Crippen LogP contribution is -2.28. The van der Waals surface area contributed by atoms with Crippen molar-refractivity contribution in [1.82, 2.24) is 10.3 Å². The molecule has 0 bridgehead atoms. The minimum absolute atomic E-state index is 0.603. The number of hydrogen-bond acceptors (Lipinski definition) is 3. The molecule has 0 amide bonds. The Morgan fingerprint density at radius 2 is 2.10 bits per heavy atom. The highest BCUT2D eigenvalue weighted by molar-refractivity contribution is 7.12. The van der Waals surface area contributed by atoms with Crippen LogP contribution < -0.4 is 5.32 Å². The van der Waals surface area contributed by atoms with Gasteiger partial charge >= 0.3 is 0 Å². The molecule has 1 aromatic heterocycles. The predicted molar refractivity (Wildman–Crippen MR) is 86.6 cm³/mol. The number of rotatable bonds is 2. The topological polar surface area (TPSA) is 24.9 Å². The van der Waals surface area contributed by atoms with Crippen molar-refractivity contribution in [2.45, 2.75) is 39.5 Å². The summed E-state index contributed by atoms with van der Waals surface area (Å²) in [4.78, 5) is 6.33. The first-order chi connectivity index (χ1) is 9.65. The lowest BCUT2D eigenvalue weighted by Gasteiger charge is -2.20. The molecule has 2 nitrogen and oxygen atoms in total. The number of aryl methyl sites for hydroxylation is 3. The van der Waals surface area contributed by atoms with E-state index in [9.17, 15) is 0 Å². The van der Waals surface area contributed by atoms with Crippen LogP contribution in [0.3, 0.4) is 0 Å². The zero-order valence-electron chi connectivity index (χ0n) is 12.5. The zero-order chi connectivity index (χ0) is 14.1. The lowest BCUT2D eigenvalue weighted by molar-refractivity contribution is 0.460. The molecule has 20 heavy (non-hydrogen) atoms. The summed E-state index contributed by atoms with van der Waals surface area (Å²) in [5, 5.41) is 4.80. The summed E-state index contributed by atoms with van der Waals surface area (Å²) in [6.45, 7) is 8.77. The Labute approximate surface area is 125 Å². The number of benzene rings is 1. The minimum Gasteiger partial charge on any atom is -0.316 e. The van der Waals surface area contributed by atoms with Crippen molar-refractivity contribution in [2.75, 3.05) is 13.1 Å². The van der Waals surface area contributed by atoms with Crippen LogP contribution >= 0.6 is 11.3 Å². The van der Waals surface area contributed by atoms with Crippen molar-refractivity contribution in [1.29, 1.82) is 0 Å². The standard InChI is InChI=1S/C17H22N2S/c1-11-6-7-12(2)15(9-11)16-13(3)20-17(19-16)14-5-4-8-18-10-14/h6-7,9,14,18H,4-5,8,10H2,1-3H3. The first-order valence-electron chi connectivity index (χ1n) is 7.41. The molecule has 0 aliphatic carbocycles. The summed E-state index contributed by atoms with van der Waals surface area (Å²) >= 11 is 1.88. The number of thiazole rings is 1. The zero-order valence-corrected chi connectivity index (χ0v) is 13.3. The Kier molecular flexibility index (Phi) is 3.90. The number of nitrogens with one attached hydrogen (secondary N) is 1. The molecule has 0 radical (unpaired) electrons. The van der Waals surface area contributed by atoms with Crippen LogP contribution in [0.4, 0.5) is 0 Å². The molecule has 1 fully saturated rings. The Balaban J connectivity index is 1.98. The highest BCUT2D eigenvalue weighted by atomic mass is 32.1. The molecule has 0 spiro atoms. The van der Waals surface area contributed by atoms with E-state index >= 15 is 0 Å². The smallest absolute Gasteiger partial charge is 0.0978 e. The molecular weight excluding hydrogens is 264 g/mol. The van der Waals surface area contributed by atoms with Crippen molar-refractivity contribution in [3.63, 3.8) is 0 Å². The first kappa shape index (κ1) is 13.8. The van der Waals surface area contributed by atoms with Crippen LogP contribution in [0.1, 0.15) is 39.8 Å². The molecule has 3 heteroatoms. The van der Waals surface area contributed by atoms with E-state index in [-0.39, 0.29) is 0 Å². The van der Waals surface area contributed by atoms with Gasteiger partial charge in [-0.2, -0.15) is 0 Å². The second-order valence-corrected chi connectivity index (χ2v) is 7.05. The maximum Gasteiger partial charge on any atom is 0.0978 e. The third kappa shape index (κ3) is 2.65. The van der Waals surface area contributed by atoms with Gasteiger partial charge in [-0.1, -0.05) is 17.7 Å². The summed E-state index contributed by atoms with van der Waals surface area (Å²) < 4.78 is 0. The van der Waals surface area contributed by atoms with E-state index in [1.807, 2.05) is 11.3 Å². The second kappa shape index (κ2) is 5.66. The van der Waals surface area contributed by atoms with E-state index in [1.165, 1.54) is 45.1 Å². The maximum absolute atomic E-state index is 4.98. The van der Waals surface area contributed by atoms with Gasteiger partial charge in [-0.15, -0.1) is 11.3 Å². The van der Waals surface area contributed by atoms with Gasteiger partial charge < -0.3 is 5.32 Å². The highest BCUT2D eigenvalue weighted by Crippen LogP contribution is 2.35. The molecule has 1 N–H and O–H groups in total. The predicted octanol–water partition coefficient (Wildman–Crippen LogP) is 4.20. The number of nitrogens with zero attached hydrogens (tertiary/aromatic N) is 1. The quantitative estimate of drug-likeness (QED) is 0.895. The molecule has 1 aliphatic heterocycles. The largest absolute Gasteiger partial charge is 0.316 e. The van der Waals surface area contributed by atoms with Crippen LogP contribution in [0.5, 0.6) is 0 Å². The van der Waals surface area contributed by atoms with E-state index in [0.29, 0.717) is 5.92 Å². The first-order valence-corrected chi connectivity index (χ1v) is 8.22. The molecule has 2 aromatic rings. The molecule has 3 rings (SSSR count). The fourth-order valence-electron chi connectivity index (χ4n) is 2.89. The van der Waals surface area contributed by atoms with Crippen molar-refractivity contribution < 1.29 is 0 Å². The normalized spacial score (nSPS) is 19.2. The number of hydrogen-bond donors (Lipinski definition) is 1. The molecular formula is C17H22N2S. The molecule has 1 saturated heterocycles. The second-order valence-electron chi connectivity index (χ2n) is 5.82. The summed E-state index contributed by atoms with van der Waals surface area (Å²) in [6, 6.07) is 6.64. The fourth-order valence-corrected chi connectivity index (χ4v) is 3.97. The Morgan fingerprint density at radius 1 is 1.25 bits per heavy atom. The van der Waals surface area contributed by atoms with Gasteiger partial charge in [0.15, 0.2) is 0 Å². The molecule has 2 heterocycles.